The molecule has 1 aromatic heterocycles. The maximum absolute atomic E-state index is 12.6. The fourth-order valence-corrected chi connectivity index (χ4v) is 4.79. The SMILES string of the molecule is COCCNc1nnc(SCC(=O)/C=C2/N(C)c3ccccc3C2(C)C)s1. The zero-order chi connectivity index (χ0) is 19.4. The third-order valence-corrected chi connectivity index (χ3v) is 6.60. The number of nitrogens with one attached hydrogen (secondary N) is 1. The molecule has 1 aliphatic rings. The van der Waals surface area contributed by atoms with E-state index in [9.17, 15) is 4.79 Å². The van der Waals surface area contributed by atoms with Crippen LogP contribution in [0.5, 0.6) is 0 Å². The van der Waals surface area contributed by atoms with Crippen LogP contribution in [-0.2, 0) is 14.9 Å². The first-order chi connectivity index (χ1) is 12.9. The minimum absolute atomic E-state index is 0.0758. The second kappa shape index (κ2) is 8.41. The van der Waals surface area contributed by atoms with Crippen LogP contribution in [0.15, 0.2) is 40.4 Å². The number of hydrogen-bond donors (Lipinski definition) is 1. The Morgan fingerprint density at radius 1 is 1.37 bits per heavy atom. The first kappa shape index (κ1) is 19.9. The summed E-state index contributed by atoms with van der Waals surface area (Å²) >= 11 is 2.87. The molecular weight excluding hydrogens is 380 g/mol. The minimum Gasteiger partial charge on any atom is -0.383 e. The van der Waals surface area contributed by atoms with Gasteiger partial charge in [0.25, 0.3) is 0 Å². The van der Waals surface area contributed by atoms with Gasteiger partial charge in [0.15, 0.2) is 10.1 Å². The van der Waals surface area contributed by atoms with Gasteiger partial charge < -0.3 is 15.0 Å². The second-order valence-electron chi connectivity index (χ2n) is 6.78. The Balaban J connectivity index is 1.62. The molecule has 0 fully saturated rings. The number of para-hydroxylation sites is 1. The van der Waals surface area contributed by atoms with Gasteiger partial charge in [-0.3, -0.25) is 4.79 Å². The van der Waals surface area contributed by atoms with E-state index in [0.29, 0.717) is 18.9 Å². The van der Waals surface area contributed by atoms with Crippen LogP contribution in [0, 0.1) is 0 Å². The van der Waals surface area contributed by atoms with Crippen molar-refractivity contribution < 1.29 is 9.53 Å². The number of ether oxygens (including phenoxy) is 1. The third kappa shape index (κ3) is 4.34. The van der Waals surface area contributed by atoms with Crippen LogP contribution >= 0.6 is 23.1 Å². The fourth-order valence-electron chi connectivity index (χ4n) is 3.19. The molecule has 6 nitrogen and oxygen atoms in total. The number of thioether (sulfide) groups is 1. The topological polar surface area (TPSA) is 67.3 Å². The predicted molar refractivity (Wildman–Crippen MR) is 112 cm³/mol. The van der Waals surface area contributed by atoms with Crippen LogP contribution in [-0.4, -0.2) is 49.0 Å². The van der Waals surface area contributed by atoms with Gasteiger partial charge in [0, 0.05) is 43.6 Å². The average molecular weight is 405 g/mol. The predicted octanol–water partition coefficient (Wildman–Crippen LogP) is 3.57. The molecule has 0 amide bonds. The molecule has 0 saturated carbocycles. The lowest BCUT2D eigenvalue weighted by Gasteiger charge is -2.23. The number of methoxy groups -OCH3 is 1. The molecule has 0 saturated heterocycles. The third-order valence-electron chi connectivity index (χ3n) is 4.56. The van der Waals surface area contributed by atoms with Crippen LogP contribution in [0.25, 0.3) is 0 Å². The molecule has 0 atom stereocenters. The van der Waals surface area contributed by atoms with Crippen LogP contribution in [0.3, 0.4) is 0 Å². The number of benzene rings is 1. The number of likely N-dealkylation sites (N-methyl/N-ethyl adjacent to an activating group) is 1. The average Bonchev–Trinajstić information content (AvgIpc) is 3.18. The van der Waals surface area contributed by atoms with E-state index in [-0.39, 0.29) is 11.2 Å². The molecule has 3 rings (SSSR count). The Kier molecular flexibility index (Phi) is 6.18. The lowest BCUT2D eigenvalue weighted by atomic mass is 9.83. The van der Waals surface area contributed by atoms with Crippen molar-refractivity contribution in [3.8, 4) is 0 Å². The van der Waals surface area contributed by atoms with E-state index in [1.165, 1.54) is 28.7 Å². The lowest BCUT2D eigenvalue weighted by Crippen LogP contribution is -2.24. The van der Waals surface area contributed by atoms with E-state index in [2.05, 4.69) is 46.4 Å². The normalized spacial score (nSPS) is 16.6. The van der Waals surface area contributed by atoms with Gasteiger partial charge >= 0.3 is 0 Å². The highest BCUT2D eigenvalue weighted by Crippen LogP contribution is 2.46. The van der Waals surface area contributed by atoms with Gasteiger partial charge in [-0.05, 0) is 11.6 Å². The van der Waals surface area contributed by atoms with Gasteiger partial charge in [-0.25, -0.2) is 0 Å². The molecule has 0 unspecified atom stereocenters. The molecule has 0 aliphatic carbocycles. The van der Waals surface area contributed by atoms with Gasteiger partial charge in [-0.15, -0.1) is 10.2 Å². The molecule has 0 radical (unpaired) electrons. The van der Waals surface area contributed by atoms with E-state index in [4.69, 9.17) is 4.74 Å². The van der Waals surface area contributed by atoms with Gasteiger partial charge in [-0.2, -0.15) is 0 Å². The summed E-state index contributed by atoms with van der Waals surface area (Å²) in [5.41, 5.74) is 3.24. The monoisotopic (exact) mass is 404 g/mol. The highest BCUT2D eigenvalue weighted by molar-refractivity contribution is 8.01. The molecular formula is C19H24N4O2S2. The highest BCUT2D eigenvalue weighted by atomic mass is 32.2. The highest BCUT2D eigenvalue weighted by Gasteiger charge is 2.38. The summed E-state index contributed by atoms with van der Waals surface area (Å²) in [6.07, 6.45) is 1.77. The summed E-state index contributed by atoms with van der Waals surface area (Å²) in [5.74, 6) is 0.419. The van der Waals surface area contributed by atoms with E-state index < -0.39 is 0 Å². The van der Waals surface area contributed by atoms with Crippen molar-refractivity contribution >= 4 is 39.7 Å². The Morgan fingerprint density at radius 3 is 2.89 bits per heavy atom. The number of rotatable bonds is 8. The lowest BCUT2D eigenvalue weighted by molar-refractivity contribution is -0.112. The number of nitrogens with zero attached hydrogens (tertiary/aromatic N) is 3. The molecule has 1 aliphatic heterocycles. The van der Waals surface area contributed by atoms with Gasteiger partial charge in [0.05, 0.1) is 12.4 Å². The molecule has 8 heteroatoms. The summed E-state index contributed by atoms with van der Waals surface area (Å²) in [6, 6.07) is 8.30. The van der Waals surface area contributed by atoms with E-state index in [1.54, 1.807) is 13.2 Å². The number of carbonyl (C=O) groups is 1. The van der Waals surface area contributed by atoms with Crippen molar-refractivity contribution in [3.63, 3.8) is 0 Å². The summed E-state index contributed by atoms with van der Waals surface area (Å²) in [4.78, 5) is 14.7. The van der Waals surface area contributed by atoms with Crippen molar-refractivity contribution in [3.05, 3.63) is 41.6 Å². The second-order valence-corrected chi connectivity index (χ2v) is 8.98. The van der Waals surface area contributed by atoms with Crippen molar-refractivity contribution in [1.82, 2.24) is 10.2 Å². The summed E-state index contributed by atoms with van der Waals surface area (Å²) < 4.78 is 5.78. The van der Waals surface area contributed by atoms with Crippen LogP contribution < -0.4 is 10.2 Å². The number of anilines is 2. The number of carbonyl (C=O) groups excluding carboxylic acids is 1. The molecule has 27 heavy (non-hydrogen) atoms. The Hall–Kier alpha value is -1.90. The maximum atomic E-state index is 12.6. The van der Waals surface area contributed by atoms with Crippen molar-refractivity contribution in [2.24, 2.45) is 0 Å². The van der Waals surface area contributed by atoms with E-state index in [1.807, 2.05) is 19.2 Å². The number of fused-ring (bicyclic) bond motifs is 1. The van der Waals surface area contributed by atoms with Crippen molar-refractivity contribution in [2.45, 2.75) is 23.6 Å². The largest absolute Gasteiger partial charge is 0.383 e. The van der Waals surface area contributed by atoms with E-state index >= 15 is 0 Å². The Morgan fingerprint density at radius 2 is 2.15 bits per heavy atom. The first-order valence-electron chi connectivity index (χ1n) is 8.71. The van der Waals surface area contributed by atoms with Gasteiger partial charge in [0.1, 0.15) is 0 Å². The molecule has 1 aromatic carbocycles. The minimum atomic E-state index is -0.188. The number of ketones is 1. The molecule has 2 heterocycles. The zero-order valence-electron chi connectivity index (χ0n) is 16.0. The first-order valence-corrected chi connectivity index (χ1v) is 10.5. The Labute approximate surface area is 168 Å². The summed E-state index contributed by atoms with van der Waals surface area (Å²) in [6.45, 7) is 5.61. The molecule has 0 spiro atoms. The molecule has 0 bridgehead atoms. The number of aromatic nitrogens is 2. The van der Waals surface area contributed by atoms with Gasteiger partial charge in [0.2, 0.25) is 5.13 Å². The van der Waals surface area contributed by atoms with Crippen molar-refractivity contribution in [2.75, 3.05) is 43.3 Å². The van der Waals surface area contributed by atoms with E-state index in [0.717, 1.165) is 20.9 Å². The quantitative estimate of drug-likeness (QED) is 0.410. The molecule has 144 valence electrons. The van der Waals surface area contributed by atoms with Gasteiger partial charge in [-0.1, -0.05) is 55.1 Å². The molecule has 1 N–H and O–H groups in total. The van der Waals surface area contributed by atoms with Crippen LogP contribution in [0.2, 0.25) is 0 Å². The zero-order valence-corrected chi connectivity index (χ0v) is 17.6. The summed E-state index contributed by atoms with van der Waals surface area (Å²) in [7, 11) is 3.67. The number of hydrogen-bond acceptors (Lipinski definition) is 8. The smallest absolute Gasteiger partial charge is 0.206 e. The van der Waals surface area contributed by atoms with Crippen LogP contribution in [0.1, 0.15) is 19.4 Å². The van der Waals surface area contributed by atoms with Crippen molar-refractivity contribution in [1.29, 1.82) is 0 Å². The number of allylic oxidation sites excluding steroid dienone is 2. The standard InChI is InChI=1S/C19H24N4O2S2/c1-19(2)14-7-5-6-8-15(14)23(3)16(19)11-13(24)12-26-18-22-21-17(27-18)20-9-10-25-4/h5-8,11H,9-10,12H2,1-4H3,(H,20,21)/b16-11+. The summed E-state index contributed by atoms with van der Waals surface area (Å²) in [5, 5.41) is 12.1. The Bertz CT molecular complexity index is 848. The van der Waals surface area contributed by atoms with Crippen LogP contribution in [0.4, 0.5) is 10.8 Å². The molecule has 2 aromatic rings. The fraction of sp³-hybridized carbons (Fsp3) is 0.421. The maximum Gasteiger partial charge on any atom is 0.206 e.